The number of nitrogens with one attached hydrogen (secondary N) is 1. The van der Waals surface area contributed by atoms with Crippen molar-refractivity contribution in [1.82, 2.24) is 9.62 Å². The molecule has 9 heteroatoms. The fourth-order valence-electron chi connectivity index (χ4n) is 3.29. The molecule has 152 valence electrons. The van der Waals surface area contributed by atoms with E-state index in [-0.39, 0.29) is 12.5 Å². The molecule has 1 aliphatic heterocycles. The molecule has 6 nitrogen and oxygen atoms in total. The number of sulfonamides is 1. The number of hydrogen-bond acceptors (Lipinski definition) is 5. The number of amides is 1. The molecule has 1 fully saturated rings. The number of thiophene rings is 1. The third-order valence-corrected chi connectivity index (χ3v) is 8.90. The van der Waals surface area contributed by atoms with Gasteiger partial charge in [0, 0.05) is 19.6 Å². The monoisotopic (exact) mass is 486 g/mol. The second-order valence-corrected chi connectivity index (χ2v) is 11.7. The van der Waals surface area contributed by atoms with E-state index in [0.717, 1.165) is 15.1 Å². The SMILES string of the molecule is COc1ccc(CNC(=O)[C@@]2(C)CCCN(S(=O)(=O)c3ccc(Br)s3)C2)cc1. The van der Waals surface area contributed by atoms with Crippen LogP contribution in [0.15, 0.2) is 44.4 Å². The van der Waals surface area contributed by atoms with Gasteiger partial charge in [-0.15, -0.1) is 11.3 Å². The van der Waals surface area contributed by atoms with Crippen LogP contribution in [0.4, 0.5) is 0 Å². The molecule has 2 heterocycles. The van der Waals surface area contributed by atoms with Crippen LogP contribution >= 0.6 is 27.3 Å². The average molecular weight is 487 g/mol. The quantitative estimate of drug-likeness (QED) is 0.676. The summed E-state index contributed by atoms with van der Waals surface area (Å²) in [6.07, 6.45) is 1.31. The fraction of sp³-hybridized carbons (Fsp3) is 0.421. The van der Waals surface area contributed by atoms with E-state index < -0.39 is 15.4 Å². The van der Waals surface area contributed by atoms with Crippen molar-refractivity contribution in [3.8, 4) is 5.75 Å². The van der Waals surface area contributed by atoms with Gasteiger partial charge in [-0.1, -0.05) is 12.1 Å². The van der Waals surface area contributed by atoms with Gasteiger partial charge in [0.15, 0.2) is 0 Å². The van der Waals surface area contributed by atoms with Crippen molar-refractivity contribution in [2.24, 2.45) is 5.41 Å². The van der Waals surface area contributed by atoms with Crippen LogP contribution in [-0.4, -0.2) is 38.8 Å². The zero-order valence-corrected chi connectivity index (χ0v) is 19.0. The molecular formula is C19H23BrN2O4S2. The first kappa shape index (κ1) is 21.3. The molecule has 0 saturated carbocycles. The van der Waals surface area contributed by atoms with Crippen molar-refractivity contribution in [3.05, 3.63) is 45.7 Å². The van der Waals surface area contributed by atoms with Crippen LogP contribution in [0.1, 0.15) is 25.3 Å². The van der Waals surface area contributed by atoms with Crippen LogP contribution in [0.25, 0.3) is 0 Å². The summed E-state index contributed by atoms with van der Waals surface area (Å²) >= 11 is 4.49. The molecular weight excluding hydrogens is 464 g/mol. The summed E-state index contributed by atoms with van der Waals surface area (Å²) in [6, 6.07) is 10.8. The predicted molar refractivity (Wildman–Crippen MR) is 113 cm³/mol. The Morgan fingerprint density at radius 2 is 2.00 bits per heavy atom. The van der Waals surface area contributed by atoms with Crippen molar-refractivity contribution >= 4 is 43.2 Å². The number of halogens is 1. The van der Waals surface area contributed by atoms with Gasteiger partial charge in [0.25, 0.3) is 10.0 Å². The van der Waals surface area contributed by atoms with Crippen LogP contribution in [0.3, 0.4) is 0 Å². The largest absolute Gasteiger partial charge is 0.497 e. The van der Waals surface area contributed by atoms with E-state index in [4.69, 9.17) is 4.74 Å². The molecule has 2 aromatic rings. The third-order valence-electron chi connectivity index (χ3n) is 4.96. The molecule has 1 amide bonds. The first-order chi connectivity index (χ1) is 13.2. The maximum absolute atomic E-state index is 12.9. The molecule has 1 N–H and O–H groups in total. The van der Waals surface area contributed by atoms with Gasteiger partial charge in [0.1, 0.15) is 9.96 Å². The maximum atomic E-state index is 12.9. The van der Waals surface area contributed by atoms with E-state index in [1.807, 2.05) is 31.2 Å². The standard InChI is InChI=1S/C19H23BrN2O4S2/c1-19(18(23)21-12-14-4-6-15(26-2)7-5-14)10-3-11-22(13-19)28(24,25)17-9-8-16(20)27-17/h4-9H,3,10-13H2,1-2H3,(H,21,23)/t19-/m0/s1. The zero-order valence-electron chi connectivity index (χ0n) is 15.8. The van der Waals surface area contributed by atoms with E-state index in [9.17, 15) is 13.2 Å². The van der Waals surface area contributed by atoms with Crippen LogP contribution in [-0.2, 0) is 21.4 Å². The lowest BCUT2D eigenvalue weighted by Crippen LogP contribution is -2.51. The van der Waals surface area contributed by atoms with Crippen molar-refractivity contribution in [3.63, 3.8) is 0 Å². The maximum Gasteiger partial charge on any atom is 0.252 e. The summed E-state index contributed by atoms with van der Waals surface area (Å²) in [6.45, 7) is 2.84. The smallest absolute Gasteiger partial charge is 0.252 e. The highest BCUT2D eigenvalue weighted by Gasteiger charge is 2.42. The molecule has 3 rings (SSSR count). The fourth-order valence-corrected chi connectivity index (χ4v) is 7.05. The van der Waals surface area contributed by atoms with Crippen LogP contribution in [0, 0.1) is 5.41 Å². The van der Waals surface area contributed by atoms with Crippen LogP contribution in [0.5, 0.6) is 5.75 Å². The number of carbonyl (C=O) groups is 1. The van der Waals surface area contributed by atoms with Crippen LogP contribution in [0.2, 0.25) is 0 Å². The molecule has 1 aromatic heterocycles. The Morgan fingerprint density at radius 3 is 2.61 bits per heavy atom. The van der Waals surface area contributed by atoms with Gasteiger partial charge in [0.05, 0.1) is 16.3 Å². The Hall–Kier alpha value is -1.42. The van der Waals surface area contributed by atoms with Crippen molar-refractivity contribution < 1.29 is 17.9 Å². The van der Waals surface area contributed by atoms with E-state index in [2.05, 4.69) is 21.2 Å². The number of rotatable bonds is 6. The Bertz CT molecular complexity index is 943. The Balaban J connectivity index is 1.67. The molecule has 0 spiro atoms. The van der Waals surface area contributed by atoms with Gasteiger partial charge < -0.3 is 10.1 Å². The summed E-state index contributed by atoms with van der Waals surface area (Å²) in [7, 11) is -1.99. The summed E-state index contributed by atoms with van der Waals surface area (Å²) in [5.41, 5.74) is 0.202. The molecule has 0 aliphatic carbocycles. The predicted octanol–water partition coefficient (Wildman–Crippen LogP) is 3.63. The molecule has 0 bridgehead atoms. The van der Waals surface area contributed by atoms with Crippen molar-refractivity contribution in [1.29, 1.82) is 0 Å². The first-order valence-corrected chi connectivity index (χ1v) is 12.0. The van der Waals surface area contributed by atoms with E-state index >= 15 is 0 Å². The lowest BCUT2D eigenvalue weighted by atomic mass is 9.82. The number of ether oxygens (including phenoxy) is 1. The molecule has 1 atom stereocenters. The van der Waals surface area contributed by atoms with Gasteiger partial charge in [0.2, 0.25) is 5.91 Å². The van der Waals surface area contributed by atoms with Gasteiger partial charge in [-0.2, -0.15) is 4.31 Å². The average Bonchev–Trinajstić information content (AvgIpc) is 3.13. The van der Waals surface area contributed by atoms with E-state index in [0.29, 0.717) is 30.1 Å². The van der Waals surface area contributed by atoms with E-state index in [1.54, 1.807) is 19.2 Å². The topological polar surface area (TPSA) is 75.7 Å². The Morgan fingerprint density at radius 1 is 1.29 bits per heavy atom. The Labute approximate surface area is 178 Å². The molecule has 0 unspecified atom stereocenters. The molecule has 1 saturated heterocycles. The van der Waals surface area contributed by atoms with Gasteiger partial charge in [-0.25, -0.2) is 8.42 Å². The van der Waals surface area contributed by atoms with Gasteiger partial charge in [-0.3, -0.25) is 4.79 Å². The normalized spacial score (nSPS) is 20.7. The summed E-state index contributed by atoms with van der Waals surface area (Å²) in [4.78, 5) is 12.9. The number of piperidine rings is 1. The number of hydrogen-bond donors (Lipinski definition) is 1. The lowest BCUT2D eigenvalue weighted by molar-refractivity contribution is -0.132. The number of carbonyl (C=O) groups excluding carboxylic acids is 1. The number of methoxy groups -OCH3 is 1. The minimum Gasteiger partial charge on any atom is -0.497 e. The molecule has 28 heavy (non-hydrogen) atoms. The highest BCUT2D eigenvalue weighted by molar-refractivity contribution is 9.11. The van der Waals surface area contributed by atoms with Crippen molar-refractivity contribution in [2.45, 2.75) is 30.5 Å². The lowest BCUT2D eigenvalue weighted by Gasteiger charge is -2.38. The highest BCUT2D eigenvalue weighted by Crippen LogP contribution is 2.35. The van der Waals surface area contributed by atoms with E-state index in [1.165, 1.54) is 15.6 Å². The summed E-state index contributed by atoms with van der Waals surface area (Å²) in [5.74, 6) is 0.631. The molecule has 0 radical (unpaired) electrons. The van der Waals surface area contributed by atoms with Crippen LogP contribution < -0.4 is 10.1 Å². The minimum absolute atomic E-state index is 0.129. The first-order valence-electron chi connectivity index (χ1n) is 8.91. The molecule has 1 aromatic carbocycles. The second kappa shape index (κ2) is 8.52. The Kier molecular flexibility index (Phi) is 6.48. The van der Waals surface area contributed by atoms with Gasteiger partial charge in [-0.05, 0) is 65.5 Å². The highest BCUT2D eigenvalue weighted by atomic mass is 79.9. The third kappa shape index (κ3) is 4.59. The number of nitrogens with zero attached hydrogens (tertiary/aromatic N) is 1. The van der Waals surface area contributed by atoms with Crippen molar-refractivity contribution in [2.75, 3.05) is 20.2 Å². The zero-order chi connectivity index (χ0) is 20.4. The van der Waals surface area contributed by atoms with Gasteiger partial charge >= 0.3 is 0 Å². The second-order valence-electron chi connectivity index (χ2n) is 7.09. The molecule has 1 aliphatic rings. The summed E-state index contributed by atoms with van der Waals surface area (Å²) in [5, 5.41) is 2.96. The number of benzene rings is 1. The summed E-state index contributed by atoms with van der Waals surface area (Å²) < 4.78 is 33.5. The minimum atomic E-state index is -3.59.